The lowest BCUT2D eigenvalue weighted by Gasteiger charge is -2.37. The van der Waals surface area contributed by atoms with Crippen molar-refractivity contribution in [1.82, 2.24) is 0 Å². The van der Waals surface area contributed by atoms with Crippen LogP contribution < -0.4 is 0 Å². The number of Topliss-reactive ketones (excluding diaryl/α,β-unsaturated/α-hetero) is 1. The van der Waals surface area contributed by atoms with Gasteiger partial charge >= 0.3 is 0 Å². The summed E-state index contributed by atoms with van der Waals surface area (Å²) in [6.45, 7) is 8.28. The topological polar surface area (TPSA) is 35.5 Å². The summed E-state index contributed by atoms with van der Waals surface area (Å²) in [6.07, 6.45) is 1.82. The van der Waals surface area contributed by atoms with Crippen molar-refractivity contribution in [2.75, 3.05) is 26.4 Å². The molecule has 0 amide bonds. The first-order valence-corrected chi connectivity index (χ1v) is 4.87. The van der Waals surface area contributed by atoms with Crippen LogP contribution in [-0.2, 0) is 14.3 Å². The minimum absolute atomic E-state index is 0.104. The molecule has 1 heterocycles. The number of allylic oxidation sites excluding steroid dienone is 1. The minimum Gasteiger partial charge on any atom is -0.380 e. The molecule has 1 saturated heterocycles. The second-order valence-corrected chi connectivity index (χ2v) is 4.26. The molecular formula is C11H18O3. The first-order valence-electron chi connectivity index (χ1n) is 4.87. The molecule has 0 saturated carbocycles. The Morgan fingerprint density at radius 1 is 1.50 bits per heavy atom. The monoisotopic (exact) mass is 198 g/mol. The maximum absolute atomic E-state index is 10.9. The van der Waals surface area contributed by atoms with Gasteiger partial charge in [-0.2, -0.15) is 0 Å². The Morgan fingerprint density at radius 3 is 2.57 bits per heavy atom. The summed E-state index contributed by atoms with van der Waals surface area (Å²) < 4.78 is 10.6. The van der Waals surface area contributed by atoms with E-state index in [1.165, 1.54) is 0 Å². The van der Waals surface area contributed by atoms with Crippen LogP contribution in [0, 0.1) is 5.41 Å². The summed E-state index contributed by atoms with van der Waals surface area (Å²) in [7, 11) is 0. The number of carbonyl (C=O) groups is 1. The highest BCUT2D eigenvalue weighted by atomic mass is 16.5. The molecule has 1 aliphatic rings. The quantitative estimate of drug-likeness (QED) is 0.497. The first-order chi connectivity index (χ1) is 6.53. The van der Waals surface area contributed by atoms with Crippen LogP contribution in [0.25, 0.3) is 0 Å². The van der Waals surface area contributed by atoms with E-state index in [2.05, 4.69) is 6.92 Å². The van der Waals surface area contributed by atoms with Crippen LogP contribution >= 0.6 is 0 Å². The Labute approximate surface area is 85.1 Å². The van der Waals surface area contributed by atoms with Crippen molar-refractivity contribution >= 4 is 5.78 Å². The molecular weight excluding hydrogens is 180 g/mol. The zero-order valence-corrected chi connectivity index (χ0v) is 9.13. The Balaban J connectivity index is 2.15. The van der Waals surface area contributed by atoms with Crippen LogP contribution in [0.2, 0.25) is 0 Å². The van der Waals surface area contributed by atoms with E-state index in [1.807, 2.05) is 6.08 Å². The molecule has 0 bridgehead atoms. The third kappa shape index (κ3) is 3.24. The fourth-order valence-electron chi connectivity index (χ4n) is 1.17. The minimum atomic E-state index is 0.104. The largest absolute Gasteiger partial charge is 0.380 e. The summed E-state index contributed by atoms with van der Waals surface area (Å²) >= 11 is 0. The van der Waals surface area contributed by atoms with Gasteiger partial charge in [-0.1, -0.05) is 13.0 Å². The van der Waals surface area contributed by atoms with E-state index in [1.54, 1.807) is 13.8 Å². The second-order valence-electron chi connectivity index (χ2n) is 4.26. The standard InChI is InChI=1S/C11H18O3/c1-9(10(2)12)4-5-13-6-11(3)7-14-8-11/h4H,5-8H2,1-3H3/b9-4+. The summed E-state index contributed by atoms with van der Waals surface area (Å²) in [5.74, 6) is 0.104. The van der Waals surface area contributed by atoms with Gasteiger partial charge in [0.2, 0.25) is 0 Å². The van der Waals surface area contributed by atoms with Crippen molar-refractivity contribution < 1.29 is 14.3 Å². The van der Waals surface area contributed by atoms with Crippen LogP contribution in [-0.4, -0.2) is 32.2 Å². The van der Waals surface area contributed by atoms with Gasteiger partial charge in [0.25, 0.3) is 0 Å². The van der Waals surface area contributed by atoms with E-state index in [-0.39, 0.29) is 11.2 Å². The van der Waals surface area contributed by atoms with E-state index in [9.17, 15) is 4.79 Å². The molecule has 0 N–H and O–H groups in total. The van der Waals surface area contributed by atoms with Gasteiger partial charge in [-0.15, -0.1) is 0 Å². The number of rotatable bonds is 5. The number of hydrogen-bond donors (Lipinski definition) is 0. The predicted molar refractivity (Wildman–Crippen MR) is 54.2 cm³/mol. The van der Waals surface area contributed by atoms with Crippen LogP contribution in [0.3, 0.4) is 0 Å². The van der Waals surface area contributed by atoms with Gasteiger partial charge in [-0.05, 0) is 19.4 Å². The van der Waals surface area contributed by atoms with Crippen LogP contribution in [0.5, 0.6) is 0 Å². The summed E-state index contributed by atoms with van der Waals surface area (Å²) in [5.41, 5.74) is 0.956. The average molecular weight is 198 g/mol. The Kier molecular flexibility index (Phi) is 3.84. The maximum atomic E-state index is 10.9. The van der Waals surface area contributed by atoms with Gasteiger partial charge in [-0.3, -0.25) is 4.79 Å². The van der Waals surface area contributed by atoms with Gasteiger partial charge in [0.15, 0.2) is 5.78 Å². The molecule has 0 radical (unpaired) electrons. The van der Waals surface area contributed by atoms with Crippen molar-refractivity contribution in [3.05, 3.63) is 11.6 Å². The van der Waals surface area contributed by atoms with Crippen molar-refractivity contribution in [3.8, 4) is 0 Å². The number of hydrogen-bond acceptors (Lipinski definition) is 3. The normalized spacial score (nSPS) is 20.4. The zero-order valence-electron chi connectivity index (χ0n) is 9.13. The molecule has 0 aromatic heterocycles. The van der Waals surface area contributed by atoms with E-state index in [0.717, 1.165) is 18.8 Å². The van der Waals surface area contributed by atoms with Gasteiger partial charge in [-0.25, -0.2) is 0 Å². The molecule has 0 atom stereocenters. The van der Waals surface area contributed by atoms with Gasteiger partial charge in [0.05, 0.1) is 26.4 Å². The molecule has 0 aromatic carbocycles. The van der Waals surface area contributed by atoms with E-state index < -0.39 is 0 Å². The highest BCUT2D eigenvalue weighted by Crippen LogP contribution is 2.26. The molecule has 80 valence electrons. The van der Waals surface area contributed by atoms with Crippen LogP contribution in [0.4, 0.5) is 0 Å². The first kappa shape index (κ1) is 11.4. The molecule has 1 aliphatic heterocycles. The van der Waals surface area contributed by atoms with Crippen molar-refractivity contribution in [1.29, 1.82) is 0 Å². The van der Waals surface area contributed by atoms with E-state index in [0.29, 0.717) is 13.2 Å². The predicted octanol–water partition coefficient (Wildman–Crippen LogP) is 1.57. The highest BCUT2D eigenvalue weighted by Gasteiger charge is 2.33. The van der Waals surface area contributed by atoms with Gasteiger partial charge in [0.1, 0.15) is 0 Å². The SMILES string of the molecule is CC(=O)/C(C)=C/COCC1(C)COC1. The molecule has 0 unspecified atom stereocenters. The summed E-state index contributed by atoms with van der Waals surface area (Å²) in [5, 5.41) is 0. The molecule has 0 aromatic rings. The third-order valence-corrected chi connectivity index (χ3v) is 2.41. The number of ketones is 1. The lowest BCUT2D eigenvalue weighted by molar-refractivity contribution is -0.135. The number of ether oxygens (including phenoxy) is 2. The third-order valence-electron chi connectivity index (χ3n) is 2.41. The Morgan fingerprint density at radius 2 is 2.14 bits per heavy atom. The Bertz CT molecular complexity index is 239. The van der Waals surface area contributed by atoms with E-state index >= 15 is 0 Å². The molecule has 1 rings (SSSR count). The molecule has 1 fully saturated rings. The molecule has 14 heavy (non-hydrogen) atoms. The van der Waals surface area contributed by atoms with Crippen molar-refractivity contribution in [2.24, 2.45) is 5.41 Å². The highest BCUT2D eigenvalue weighted by molar-refractivity contribution is 5.92. The fourth-order valence-corrected chi connectivity index (χ4v) is 1.17. The molecule has 3 nitrogen and oxygen atoms in total. The molecule has 0 spiro atoms. The second kappa shape index (κ2) is 4.71. The maximum Gasteiger partial charge on any atom is 0.155 e. The van der Waals surface area contributed by atoms with Gasteiger partial charge < -0.3 is 9.47 Å². The lowest BCUT2D eigenvalue weighted by atomic mass is 9.90. The van der Waals surface area contributed by atoms with Crippen molar-refractivity contribution in [2.45, 2.75) is 20.8 Å². The average Bonchev–Trinajstić information content (AvgIpc) is 2.09. The smallest absolute Gasteiger partial charge is 0.155 e. The van der Waals surface area contributed by atoms with Crippen LogP contribution in [0.1, 0.15) is 20.8 Å². The molecule has 3 heteroatoms. The van der Waals surface area contributed by atoms with E-state index in [4.69, 9.17) is 9.47 Å². The number of carbonyl (C=O) groups excluding carboxylic acids is 1. The summed E-state index contributed by atoms with van der Waals surface area (Å²) in [4.78, 5) is 10.9. The lowest BCUT2D eigenvalue weighted by Crippen LogP contribution is -2.43. The summed E-state index contributed by atoms with van der Waals surface area (Å²) in [6, 6.07) is 0. The Hall–Kier alpha value is -0.670. The fraction of sp³-hybridized carbons (Fsp3) is 0.727. The van der Waals surface area contributed by atoms with Crippen LogP contribution in [0.15, 0.2) is 11.6 Å². The van der Waals surface area contributed by atoms with Gasteiger partial charge in [0, 0.05) is 5.41 Å². The van der Waals surface area contributed by atoms with Crippen molar-refractivity contribution in [3.63, 3.8) is 0 Å². The molecule has 0 aliphatic carbocycles. The zero-order chi connectivity index (χ0) is 10.6.